The van der Waals surface area contributed by atoms with Crippen molar-refractivity contribution in [2.45, 2.75) is 59.0 Å². The third kappa shape index (κ3) is 4.43. The van der Waals surface area contributed by atoms with E-state index in [1.807, 2.05) is 0 Å². The van der Waals surface area contributed by atoms with E-state index in [-0.39, 0.29) is 5.56 Å². The topological polar surface area (TPSA) is 79.2 Å². The Morgan fingerprint density at radius 3 is 2.50 bits per heavy atom. The Kier molecular flexibility index (Phi) is 6.34. The van der Waals surface area contributed by atoms with E-state index in [0.29, 0.717) is 17.1 Å². The number of nitrogens with zero attached hydrogens (tertiary/aromatic N) is 5. The van der Waals surface area contributed by atoms with Crippen molar-refractivity contribution in [1.82, 2.24) is 24.0 Å². The molecular weight excluding hydrogens is 428 g/mol. The van der Waals surface area contributed by atoms with Crippen molar-refractivity contribution in [1.29, 1.82) is 0 Å². The number of rotatable bonds is 5. The molecule has 3 aromatic rings. The summed E-state index contributed by atoms with van der Waals surface area (Å²) < 4.78 is 3.57. The van der Waals surface area contributed by atoms with Crippen LogP contribution in [0.5, 0.6) is 0 Å². The van der Waals surface area contributed by atoms with Crippen LogP contribution >= 0.6 is 0 Å². The van der Waals surface area contributed by atoms with Gasteiger partial charge < -0.3 is 9.47 Å². The fourth-order valence-electron chi connectivity index (χ4n) is 5.58. The Hall–Kier alpha value is -2.87. The van der Waals surface area contributed by atoms with Crippen molar-refractivity contribution < 1.29 is 0 Å². The Bertz CT molecular complexity index is 1290. The van der Waals surface area contributed by atoms with Gasteiger partial charge in [-0.2, -0.15) is 4.98 Å². The van der Waals surface area contributed by atoms with E-state index >= 15 is 0 Å². The van der Waals surface area contributed by atoms with Gasteiger partial charge in [-0.3, -0.25) is 19.2 Å². The monoisotopic (exact) mass is 464 g/mol. The zero-order chi connectivity index (χ0) is 23.8. The minimum atomic E-state index is -0.412. The first-order valence-electron chi connectivity index (χ1n) is 12.6. The third-order valence-electron chi connectivity index (χ3n) is 7.71. The highest BCUT2D eigenvalue weighted by Gasteiger charge is 2.27. The van der Waals surface area contributed by atoms with Crippen LogP contribution in [-0.4, -0.2) is 50.2 Å². The summed E-state index contributed by atoms with van der Waals surface area (Å²) >= 11 is 0. The lowest BCUT2D eigenvalue weighted by molar-refractivity contribution is 0.246. The first kappa shape index (κ1) is 22.9. The number of fused-ring (bicyclic) bond motifs is 1. The average molecular weight is 465 g/mol. The van der Waals surface area contributed by atoms with E-state index < -0.39 is 5.69 Å². The number of imidazole rings is 1. The first-order chi connectivity index (χ1) is 16.4. The van der Waals surface area contributed by atoms with Crippen LogP contribution in [0.4, 0.5) is 5.95 Å². The predicted molar refractivity (Wildman–Crippen MR) is 136 cm³/mol. The quantitative estimate of drug-likeness (QED) is 0.628. The number of nitrogens with one attached hydrogen (secondary N) is 1. The second-order valence-electron chi connectivity index (χ2n) is 10.2. The number of H-pyrrole nitrogens is 1. The molecule has 8 heteroatoms. The molecule has 1 saturated heterocycles. The van der Waals surface area contributed by atoms with E-state index in [1.165, 1.54) is 53.4 Å². The molecule has 1 N–H and O–H groups in total. The van der Waals surface area contributed by atoms with Crippen molar-refractivity contribution in [3.63, 3.8) is 0 Å². The Morgan fingerprint density at radius 2 is 1.76 bits per heavy atom. The molecular formula is C26H36N6O2. The van der Waals surface area contributed by atoms with Crippen LogP contribution in [0.15, 0.2) is 27.8 Å². The van der Waals surface area contributed by atoms with Crippen LogP contribution < -0.4 is 16.1 Å². The normalized spacial score (nSPS) is 18.1. The predicted octanol–water partition coefficient (Wildman–Crippen LogP) is 2.94. The first-order valence-corrected chi connectivity index (χ1v) is 12.6. The summed E-state index contributed by atoms with van der Waals surface area (Å²) in [5.41, 5.74) is 4.29. The lowest BCUT2D eigenvalue weighted by Crippen LogP contribution is -2.47. The van der Waals surface area contributed by atoms with Gasteiger partial charge in [0.1, 0.15) is 0 Å². The van der Waals surface area contributed by atoms with Crippen molar-refractivity contribution >= 4 is 17.1 Å². The summed E-state index contributed by atoms with van der Waals surface area (Å²) in [5, 5.41) is 0. The van der Waals surface area contributed by atoms with Crippen LogP contribution in [0.3, 0.4) is 0 Å². The smallest absolute Gasteiger partial charge is 0.329 e. The number of hydrogen-bond donors (Lipinski definition) is 1. The maximum absolute atomic E-state index is 12.9. The number of anilines is 1. The van der Waals surface area contributed by atoms with E-state index in [0.717, 1.165) is 45.2 Å². The zero-order valence-electron chi connectivity index (χ0n) is 20.6. The molecule has 1 aromatic carbocycles. The number of hydrogen-bond acceptors (Lipinski definition) is 5. The molecule has 2 fully saturated rings. The number of benzene rings is 1. The van der Waals surface area contributed by atoms with Gasteiger partial charge in [0.05, 0.1) is 0 Å². The SMILES string of the molecule is Cc1ccc(C)c(CN2CCN(c3nc4c(c(=O)[nH]c(=O)n4C)n3CC3CCCCC3)CC2)c1. The van der Waals surface area contributed by atoms with Gasteiger partial charge in [0.2, 0.25) is 5.95 Å². The Balaban J connectivity index is 1.41. The summed E-state index contributed by atoms with van der Waals surface area (Å²) in [5.74, 6) is 1.38. The minimum absolute atomic E-state index is 0.332. The Morgan fingerprint density at radius 1 is 1.03 bits per heavy atom. The molecule has 8 nitrogen and oxygen atoms in total. The van der Waals surface area contributed by atoms with Crippen molar-refractivity contribution in [2.24, 2.45) is 13.0 Å². The number of aryl methyl sites for hydroxylation is 3. The molecule has 3 heterocycles. The van der Waals surface area contributed by atoms with Gasteiger partial charge in [-0.05, 0) is 43.7 Å². The fourth-order valence-corrected chi connectivity index (χ4v) is 5.58. The second kappa shape index (κ2) is 9.41. The zero-order valence-corrected chi connectivity index (χ0v) is 20.6. The van der Waals surface area contributed by atoms with Gasteiger partial charge in [0.25, 0.3) is 5.56 Å². The number of piperazine rings is 1. The highest BCUT2D eigenvalue weighted by molar-refractivity contribution is 5.74. The van der Waals surface area contributed by atoms with E-state index in [4.69, 9.17) is 4.98 Å². The molecule has 2 aliphatic rings. The molecule has 0 bridgehead atoms. The highest BCUT2D eigenvalue weighted by atomic mass is 16.2. The van der Waals surface area contributed by atoms with Crippen molar-refractivity contribution in [3.05, 3.63) is 55.7 Å². The second-order valence-corrected chi connectivity index (χ2v) is 10.2. The molecule has 5 rings (SSSR count). The van der Waals surface area contributed by atoms with Crippen molar-refractivity contribution in [3.8, 4) is 0 Å². The maximum atomic E-state index is 12.9. The van der Waals surface area contributed by atoms with Crippen LogP contribution in [0.1, 0.15) is 48.8 Å². The van der Waals surface area contributed by atoms with Gasteiger partial charge >= 0.3 is 5.69 Å². The van der Waals surface area contributed by atoms with E-state index in [2.05, 4.69) is 51.4 Å². The van der Waals surface area contributed by atoms with Gasteiger partial charge in [-0.15, -0.1) is 0 Å². The molecule has 182 valence electrons. The Labute approximate surface area is 200 Å². The number of aromatic nitrogens is 4. The van der Waals surface area contributed by atoms with Crippen molar-refractivity contribution in [2.75, 3.05) is 31.1 Å². The van der Waals surface area contributed by atoms with Crippen LogP contribution in [0, 0.1) is 19.8 Å². The fraction of sp³-hybridized carbons (Fsp3) is 0.577. The average Bonchev–Trinajstić information content (AvgIpc) is 3.21. The molecule has 1 aliphatic heterocycles. The van der Waals surface area contributed by atoms with Gasteiger partial charge in [0, 0.05) is 46.3 Å². The molecule has 0 amide bonds. The lowest BCUT2D eigenvalue weighted by atomic mass is 9.89. The van der Waals surface area contributed by atoms with Crippen LogP contribution in [0.25, 0.3) is 11.2 Å². The highest BCUT2D eigenvalue weighted by Crippen LogP contribution is 2.29. The summed E-state index contributed by atoms with van der Waals surface area (Å²) in [4.78, 5) is 37.3. The largest absolute Gasteiger partial charge is 0.340 e. The van der Waals surface area contributed by atoms with Crippen LogP contribution in [0.2, 0.25) is 0 Å². The number of aromatic amines is 1. The van der Waals surface area contributed by atoms with E-state index in [1.54, 1.807) is 7.05 Å². The summed E-state index contributed by atoms with van der Waals surface area (Å²) in [6.45, 7) is 9.65. The summed E-state index contributed by atoms with van der Waals surface area (Å²) in [6, 6.07) is 6.66. The molecule has 34 heavy (non-hydrogen) atoms. The molecule has 0 radical (unpaired) electrons. The molecule has 2 aromatic heterocycles. The molecule has 1 aliphatic carbocycles. The molecule has 1 saturated carbocycles. The van der Waals surface area contributed by atoms with Crippen LogP contribution in [-0.2, 0) is 20.1 Å². The molecule has 0 unspecified atom stereocenters. The summed E-state index contributed by atoms with van der Waals surface area (Å²) in [7, 11) is 1.68. The lowest BCUT2D eigenvalue weighted by Gasteiger charge is -2.36. The van der Waals surface area contributed by atoms with E-state index in [9.17, 15) is 9.59 Å². The third-order valence-corrected chi connectivity index (χ3v) is 7.71. The molecule has 0 spiro atoms. The standard InChI is InChI=1S/C26H36N6O2/c1-18-9-10-19(2)21(15-18)17-30-11-13-31(14-12-30)25-27-23-22(24(33)28-26(34)29(23)3)32(25)16-20-7-5-4-6-8-20/h9-10,15,20H,4-8,11-14,16-17H2,1-3H3,(H,28,33,34). The summed E-state index contributed by atoms with van der Waals surface area (Å²) in [6.07, 6.45) is 6.17. The maximum Gasteiger partial charge on any atom is 0.329 e. The van der Waals surface area contributed by atoms with Gasteiger partial charge in [-0.1, -0.05) is 43.0 Å². The molecule has 0 atom stereocenters. The van der Waals surface area contributed by atoms with Gasteiger partial charge in [-0.25, -0.2) is 4.79 Å². The van der Waals surface area contributed by atoms with Gasteiger partial charge in [0.15, 0.2) is 11.2 Å². The minimum Gasteiger partial charge on any atom is -0.340 e.